The van der Waals surface area contributed by atoms with Crippen molar-refractivity contribution in [2.75, 3.05) is 59.0 Å². The van der Waals surface area contributed by atoms with Crippen LogP contribution in [0.4, 0.5) is 0 Å². The van der Waals surface area contributed by atoms with Crippen LogP contribution in [0, 0.1) is 0 Å². The lowest BCUT2D eigenvalue weighted by atomic mass is 10.1. The Hall–Kier alpha value is -1.48. The first-order valence-corrected chi connectivity index (χ1v) is 11.6. The van der Waals surface area contributed by atoms with Gasteiger partial charge in [-0.3, -0.25) is 19.4 Å². The molecule has 0 N–H and O–H groups in total. The molecule has 2 atom stereocenters. The van der Waals surface area contributed by atoms with E-state index in [4.69, 9.17) is 4.74 Å². The van der Waals surface area contributed by atoms with Gasteiger partial charge in [0, 0.05) is 57.2 Å². The molecule has 2 unspecified atom stereocenters. The van der Waals surface area contributed by atoms with Crippen molar-refractivity contribution in [1.29, 1.82) is 0 Å². The van der Waals surface area contributed by atoms with Crippen LogP contribution in [0.3, 0.4) is 0 Å². The van der Waals surface area contributed by atoms with Crippen LogP contribution in [0.1, 0.15) is 24.3 Å². The Labute approximate surface area is 177 Å². The van der Waals surface area contributed by atoms with E-state index in [0.717, 1.165) is 45.7 Å². The number of carbonyl (C=O) groups excluding carboxylic acids is 2. The van der Waals surface area contributed by atoms with Gasteiger partial charge in [-0.05, 0) is 37.3 Å². The number of rotatable bonds is 4. The summed E-state index contributed by atoms with van der Waals surface area (Å²) in [6, 6.07) is 1.93. The van der Waals surface area contributed by atoms with Gasteiger partial charge in [0.25, 0.3) is 0 Å². The van der Waals surface area contributed by atoms with Gasteiger partial charge in [0.1, 0.15) is 0 Å². The van der Waals surface area contributed by atoms with E-state index in [1.54, 1.807) is 11.3 Å². The molecule has 8 heteroatoms. The van der Waals surface area contributed by atoms with Crippen molar-refractivity contribution < 1.29 is 14.3 Å². The standard InChI is InChI=1S/C21H32N4O3S/c1-16(20(26)24-10-12-28-13-11-24)22-6-8-23(9-7-22)17(2)21(27)25-5-3-19-18(15-25)4-14-29-19/h4,14,16-17H,3,5-13,15H2,1-2H3. The van der Waals surface area contributed by atoms with Gasteiger partial charge in [0.2, 0.25) is 11.8 Å². The lowest BCUT2D eigenvalue weighted by molar-refractivity contribution is -0.143. The number of morpholine rings is 1. The summed E-state index contributed by atoms with van der Waals surface area (Å²) in [4.78, 5) is 35.7. The summed E-state index contributed by atoms with van der Waals surface area (Å²) in [5.41, 5.74) is 1.31. The molecule has 0 aliphatic carbocycles. The minimum Gasteiger partial charge on any atom is -0.378 e. The molecule has 0 bridgehead atoms. The molecule has 3 aliphatic rings. The van der Waals surface area contributed by atoms with E-state index in [0.29, 0.717) is 26.3 Å². The normalized spacial score (nSPS) is 23.5. The second-order valence-electron chi connectivity index (χ2n) is 8.24. The molecule has 4 rings (SSSR count). The van der Waals surface area contributed by atoms with Crippen molar-refractivity contribution in [2.24, 2.45) is 0 Å². The Morgan fingerprint density at radius 1 is 0.897 bits per heavy atom. The number of piperazine rings is 1. The number of hydrogen-bond donors (Lipinski definition) is 0. The molecule has 0 saturated carbocycles. The van der Waals surface area contributed by atoms with Crippen LogP contribution in [0.25, 0.3) is 0 Å². The average molecular weight is 421 g/mol. The maximum atomic E-state index is 13.1. The van der Waals surface area contributed by atoms with Gasteiger partial charge < -0.3 is 14.5 Å². The predicted octanol–water partition coefficient (Wildman–Crippen LogP) is 0.886. The van der Waals surface area contributed by atoms with E-state index >= 15 is 0 Å². The first-order valence-electron chi connectivity index (χ1n) is 10.7. The lowest BCUT2D eigenvalue weighted by Gasteiger charge is -2.42. The van der Waals surface area contributed by atoms with Crippen molar-refractivity contribution in [3.63, 3.8) is 0 Å². The minimum atomic E-state index is -0.111. The molecule has 4 heterocycles. The maximum Gasteiger partial charge on any atom is 0.239 e. The van der Waals surface area contributed by atoms with Crippen molar-refractivity contribution in [1.82, 2.24) is 19.6 Å². The van der Waals surface area contributed by atoms with E-state index in [1.807, 2.05) is 23.6 Å². The summed E-state index contributed by atoms with van der Waals surface area (Å²) >= 11 is 1.80. The SMILES string of the molecule is CC(C(=O)N1CCOCC1)N1CCN(C(C)C(=O)N2CCc3sccc3C2)CC1. The molecule has 2 saturated heterocycles. The highest BCUT2D eigenvalue weighted by molar-refractivity contribution is 7.10. The summed E-state index contributed by atoms with van der Waals surface area (Å²) in [6.07, 6.45) is 0.973. The van der Waals surface area contributed by atoms with Gasteiger partial charge in [-0.1, -0.05) is 0 Å². The molecule has 1 aromatic rings. The third-order valence-electron chi connectivity index (χ3n) is 6.60. The molecular weight excluding hydrogens is 388 g/mol. The van der Waals surface area contributed by atoms with Crippen molar-refractivity contribution in [2.45, 2.75) is 38.9 Å². The van der Waals surface area contributed by atoms with Crippen molar-refractivity contribution >= 4 is 23.2 Å². The Bertz CT molecular complexity index is 725. The predicted molar refractivity (Wildman–Crippen MR) is 113 cm³/mol. The monoisotopic (exact) mass is 420 g/mol. The van der Waals surface area contributed by atoms with Crippen LogP contribution in [0.5, 0.6) is 0 Å². The molecule has 3 aliphatic heterocycles. The van der Waals surface area contributed by atoms with Crippen LogP contribution >= 0.6 is 11.3 Å². The second-order valence-corrected chi connectivity index (χ2v) is 9.24. The molecular formula is C21H32N4O3S. The first-order chi connectivity index (χ1) is 14.0. The third kappa shape index (κ3) is 4.50. The molecule has 0 spiro atoms. The molecule has 0 aromatic carbocycles. The highest BCUT2D eigenvalue weighted by Crippen LogP contribution is 2.25. The zero-order valence-electron chi connectivity index (χ0n) is 17.5. The molecule has 2 amide bonds. The minimum absolute atomic E-state index is 0.109. The smallest absolute Gasteiger partial charge is 0.239 e. The van der Waals surface area contributed by atoms with Gasteiger partial charge in [-0.25, -0.2) is 0 Å². The van der Waals surface area contributed by atoms with Gasteiger partial charge in [0.05, 0.1) is 25.3 Å². The second kappa shape index (κ2) is 9.12. The molecule has 160 valence electrons. The van der Waals surface area contributed by atoms with E-state index in [-0.39, 0.29) is 23.9 Å². The van der Waals surface area contributed by atoms with E-state index < -0.39 is 0 Å². The van der Waals surface area contributed by atoms with Crippen molar-refractivity contribution in [3.05, 3.63) is 21.9 Å². The number of carbonyl (C=O) groups is 2. The quantitative estimate of drug-likeness (QED) is 0.724. The number of ether oxygens (including phenoxy) is 1. The Morgan fingerprint density at radius 3 is 2.10 bits per heavy atom. The maximum absolute atomic E-state index is 13.1. The number of thiophene rings is 1. The van der Waals surface area contributed by atoms with Crippen LogP contribution in [-0.4, -0.2) is 103 Å². The van der Waals surface area contributed by atoms with E-state index in [1.165, 1.54) is 10.4 Å². The summed E-state index contributed by atoms with van der Waals surface area (Å²) in [6.45, 7) is 11.5. The average Bonchev–Trinajstić information content (AvgIpc) is 3.25. The summed E-state index contributed by atoms with van der Waals surface area (Å²) in [7, 11) is 0. The van der Waals surface area contributed by atoms with Gasteiger partial charge in [-0.15, -0.1) is 11.3 Å². The number of amides is 2. The number of hydrogen-bond acceptors (Lipinski definition) is 6. The zero-order chi connectivity index (χ0) is 20.4. The highest BCUT2D eigenvalue weighted by atomic mass is 32.1. The summed E-state index contributed by atoms with van der Waals surface area (Å²) in [5.74, 6) is 0.429. The molecule has 2 fully saturated rings. The fourth-order valence-corrected chi connectivity index (χ4v) is 5.46. The Kier molecular flexibility index (Phi) is 6.53. The van der Waals surface area contributed by atoms with Crippen LogP contribution in [-0.2, 0) is 27.3 Å². The lowest BCUT2D eigenvalue weighted by Crippen LogP contribution is -2.59. The van der Waals surface area contributed by atoms with Crippen LogP contribution in [0.15, 0.2) is 11.4 Å². The van der Waals surface area contributed by atoms with E-state index in [2.05, 4.69) is 21.2 Å². The summed E-state index contributed by atoms with van der Waals surface area (Å²) in [5, 5.41) is 2.13. The molecule has 29 heavy (non-hydrogen) atoms. The van der Waals surface area contributed by atoms with Crippen LogP contribution < -0.4 is 0 Å². The summed E-state index contributed by atoms with van der Waals surface area (Å²) < 4.78 is 5.35. The molecule has 1 aromatic heterocycles. The number of nitrogens with zero attached hydrogens (tertiary/aromatic N) is 4. The fourth-order valence-electron chi connectivity index (χ4n) is 4.57. The van der Waals surface area contributed by atoms with E-state index in [9.17, 15) is 9.59 Å². The Balaban J connectivity index is 1.27. The highest BCUT2D eigenvalue weighted by Gasteiger charge is 2.33. The van der Waals surface area contributed by atoms with Crippen LogP contribution in [0.2, 0.25) is 0 Å². The van der Waals surface area contributed by atoms with Crippen molar-refractivity contribution in [3.8, 4) is 0 Å². The molecule has 7 nitrogen and oxygen atoms in total. The fraction of sp³-hybridized carbons (Fsp3) is 0.714. The van der Waals surface area contributed by atoms with Gasteiger partial charge in [-0.2, -0.15) is 0 Å². The van der Waals surface area contributed by atoms with Gasteiger partial charge >= 0.3 is 0 Å². The first kappa shape index (κ1) is 20.8. The van der Waals surface area contributed by atoms with Gasteiger partial charge in [0.15, 0.2) is 0 Å². The molecule has 0 radical (unpaired) electrons. The largest absolute Gasteiger partial charge is 0.378 e. The topological polar surface area (TPSA) is 56.3 Å². The number of fused-ring (bicyclic) bond motifs is 1. The third-order valence-corrected chi connectivity index (χ3v) is 7.62. The Morgan fingerprint density at radius 2 is 1.48 bits per heavy atom. The zero-order valence-corrected chi connectivity index (χ0v) is 18.3.